The van der Waals surface area contributed by atoms with Crippen LogP contribution in [0, 0.1) is 0 Å². The molecule has 1 unspecified atom stereocenters. The Balaban J connectivity index is 1.75. The van der Waals surface area contributed by atoms with Gasteiger partial charge in [-0.3, -0.25) is 14.6 Å². The molecule has 5 heteroatoms. The zero-order valence-corrected chi connectivity index (χ0v) is 15.2. The molecule has 0 fully saturated rings. The number of carbonyl (C=O) groups is 2. The van der Waals surface area contributed by atoms with E-state index in [0.29, 0.717) is 25.7 Å². The fourth-order valence-electron chi connectivity index (χ4n) is 2.96. The second-order valence-electron chi connectivity index (χ2n) is 6.40. The van der Waals surface area contributed by atoms with Crippen LogP contribution in [0.3, 0.4) is 0 Å². The van der Waals surface area contributed by atoms with Gasteiger partial charge in [0.15, 0.2) is 0 Å². The fourth-order valence-corrected chi connectivity index (χ4v) is 2.96. The van der Waals surface area contributed by atoms with Crippen LogP contribution in [0.5, 0.6) is 0 Å². The van der Waals surface area contributed by atoms with E-state index in [1.807, 2.05) is 48.6 Å². The highest BCUT2D eigenvalue weighted by Crippen LogP contribution is 2.26. The van der Waals surface area contributed by atoms with Gasteiger partial charge < -0.3 is 9.47 Å². The number of allylic oxidation sites excluding steroid dienone is 2. The van der Waals surface area contributed by atoms with Crippen LogP contribution >= 0.6 is 0 Å². The summed E-state index contributed by atoms with van der Waals surface area (Å²) in [5.41, 5.74) is 3.08. The quantitative estimate of drug-likeness (QED) is 0.593. The lowest BCUT2D eigenvalue weighted by Crippen LogP contribution is -2.17. The van der Waals surface area contributed by atoms with E-state index in [9.17, 15) is 9.59 Å². The van der Waals surface area contributed by atoms with E-state index in [2.05, 4.69) is 4.98 Å². The van der Waals surface area contributed by atoms with Crippen LogP contribution in [-0.4, -0.2) is 30.1 Å². The van der Waals surface area contributed by atoms with Crippen LogP contribution in [0.4, 0.5) is 0 Å². The molecule has 27 heavy (non-hydrogen) atoms. The molecule has 2 aromatic rings. The second kappa shape index (κ2) is 9.67. The number of esters is 2. The summed E-state index contributed by atoms with van der Waals surface area (Å²) in [6.45, 7) is 0.530. The first-order valence-electron chi connectivity index (χ1n) is 9.21. The standard InChI is InChI=1S/C22H23NO4/c24-21-6-3-1-2-5-20(22(25)27-16-4-15-26-21)19-9-7-17(8-10-19)18-11-13-23-14-12-18/h1-2,7-14,20H,3-6,15-16H2/b2-1+. The first kappa shape index (κ1) is 18.8. The Kier molecular flexibility index (Phi) is 6.74. The van der Waals surface area contributed by atoms with Crippen molar-refractivity contribution in [1.29, 1.82) is 0 Å². The number of rotatable bonds is 2. The second-order valence-corrected chi connectivity index (χ2v) is 6.40. The highest BCUT2D eigenvalue weighted by Gasteiger charge is 2.21. The maximum atomic E-state index is 12.6. The minimum atomic E-state index is -0.356. The van der Waals surface area contributed by atoms with E-state index < -0.39 is 0 Å². The molecule has 140 valence electrons. The molecule has 1 aliphatic rings. The zero-order chi connectivity index (χ0) is 18.9. The third kappa shape index (κ3) is 5.51. The molecule has 0 bridgehead atoms. The summed E-state index contributed by atoms with van der Waals surface area (Å²) in [5.74, 6) is -0.819. The highest BCUT2D eigenvalue weighted by molar-refractivity contribution is 5.79. The molecule has 0 aliphatic carbocycles. The predicted octanol–water partition coefficient (Wildman–Crippen LogP) is 4.05. The molecule has 1 aromatic heterocycles. The van der Waals surface area contributed by atoms with Gasteiger partial charge in [0.25, 0.3) is 0 Å². The van der Waals surface area contributed by atoms with E-state index in [1.54, 1.807) is 12.4 Å². The number of cyclic esters (lactones) is 2. The maximum absolute atomic E-state index is 12.6. The summed E-state index contributed by atoms with van der Waals surface area (Å²) in [4.78, 5) is 28.1. The van der Waals surface area contributed by atoms with Gasteiger partial charge in [-0.05, 0) is 41.7 Å². The van der Waals surface area contributed by atoms with Crippen LogP contribution in [0.2, 0.25) is 0 Å². The fraction of sp³-hybridized carbons (Fsp3) is 0.318. The Morgan fingerprint density at radius 3 is 2.33 bits per heavy atom. The Bertz CT molecular complexity index is 784. The third-order valence-electron chi connectivity index (χ3n) is 4.46. The average molecular weight is 365 g/mol. The van der Waals surface area contributed by atoms with Crippen LogP contribution in [0.25, 0.3) is 11.1 Å². The van der Waals surface area contributed by atoms with E-state index in [4.69, 9.17) is 9.47 Å². The lowest BCUT2D eigenvalue weighted by molar-refractivity contribution is -0.147. The smallest absolute Gasteiger partial charge is 0.313 e. The molecule has 0 spiro atoms. The Morgan fingerprint density at radius 1 is 0.852 bits per heavy atom. The van der Waals surface area contributed by atoms with Gasteiger partial charge in [-0.2, -0.15) is 0 Å². The highest BCUT2D eigenvalue weighted by atomic mass is 16.5. The van der Waals surface area contributed by atoms with Gasteiger partial charge in [-0.15, -0.1) is 0 Å². The summed E-state index contributed by atoms with van der Waals surface area (Å²) < 4.78 is 10.5. The topological polar surface area (TPSA) is 65.5 Å². The van der Waals surface area contributed by atoms with Crippen molar-refractivity contribution in [1.82, 2.24) is 4.98 Å². The monoisotopic (exact) mass is 365 g/mol. The number of benzene rings is 1. The van der Waals surface area contributed by atoms with Crippen LogP contribution < -0.4 is 0 Å². The molecule has 3 rings (SSSR count). The SMILES string of the molecule is O=C1CC/C=C/CC(c2ccc(-c3ccncc3)cc2)C(=O)OCCCO1. The van der Waals surface area contributed by atoms with Crippen molar-refractivity contribution in [3.8, 4) is 11.1 Å². The largest absolute Gasteiger partial charge is 0.466 e. The number of aromatic nitrogens is 1. The number of nitrogens with zero attached hydrogens (tertiary/aromatic N) is 1. The molecule has 0 saturated heterocycles. The van der Waals surface area contributed by atoms with Crippen molar-refractivity contribution in [2.45, 2.75) is 31.6 Å². The molecule has 0 radical (unpaired) electrons. The van der Waals surface area contributed by atoms with Crippen molar-refractivity contribution in [2.75, 3.05) is 13.2 Å². The van der Waals surface area contributed by atoms with Gasteiger partial charge in [0, 0.05) is 25.2 Å². The van der Waals surface area contributed by atoms with E-state index in [0.717, 1.165) is 16.7 Å². The molecular weight excluding hydrogens is 342 g/mol. The van der Waals surface area contributed by atoms with Crippen LogP contribution in [0.15, 0.2) is 60.9 Å². The normalized spacial score (nSPS) is 20.4. The van der Waals surface area contributed by atoms with Gasteiger partial charge in [0.1, 0.15) is 0 Å². The van der Waals surface area contributed by atoms with Gasteiger partial charge in [0.05, 0.1) is 19.1 Å². The van der Waals surface area contributed by atoms with Gasteiger partial charge in [0.2, 0.25) is 0 Å². The lowest BCUT2D eigenvalue weighted by atomic mass is 9.93. The van der Waals surface area contributed by atoms with Gasteiger partial charge in [-0.25, -0.2) is 0 Å². The Hall–Kier alpha value is -2.95. The molecule has 2 heterocycles. The first-order valence-corrected chi connectivity index (χ1v) is 9.21. The minimum Gasteiger partial charge on any atom is -0.466 e. The molecule has 1 aromatic carbocycles. The summed E-state index contributed by atoms with van der Waals surface area (Å²) >= 11 is 0. The van der Waals surface area contributed by atoms with Crippen molar-refractivity contribution in [3.63, 3.8) is 0 Å². The molecule has 1 aliphatic heterocycles. The number of ether oxygens (including phenoxy) is 2. The number of carbonyl (C=O) groups excluding carboxylic acids is 2. The van der Waals surface area contributed by atoms with Gasteiger partial charge >= 0.3 is 11.9 Å². The molecular formula is C22H23NO4. The summed E-state index contributed by atoms with van der Waals surface area (Å²) in [6, 6.07) is 11.9. The maximum Gasteiger partial charge on any atom is 0.313 e. The molecule has 5 nitrogen and oxygen atoms in total. The molecule has 0 saturated carbocycles. The Morgan fingerprint density at radius 2 is 1.56 bits per heavy atom. The lowest BCUT2D eigenvalue weighted by Gasteiger charge is -2.15. The van der Waals surface area contributed by atoms with Crippen LogP contribution in [-0.2, 0) is 19.1 Å². The summed E-state index contributed by atoms with van der Waals surface area (Å²) in [5, 5.41) is 0. The zero-order valence-electron chi connectivity index (χ0n) is 15.2. The molecule has 1 atom stereocenters. The van der Waals surface area contributed by atoms with E-state index in [1.165, 1.54) is 0 Å². The molecule has 0 N–H and O–H groups in total. The Labute approximate surface area is 159 Å². The number of pyridine rings is 1. The number of hydrogen-bond donors (Lipinski definition) is 0. The van der Waals surface area contributed by atoms with E-state index in [-0.39, 0.29) is 31.1 Å². The first-order chi connectivity index (χ1) is 13.2. The minimum absolute atomic E-state index is 0.214. The van der Waals surface area contributed by atoms with Crippen molar-refractivity contribution >= 4 is 11.9 Å². The summed E-state index contributed by atoms with van der Waals surface area (Å²) in [7, 11) is 0. The van der Waals surface area contributed by atoms with Gasteiger partial charge in [-0.1, -0.05) is 36.4 Å². The predicted molar refractivity (Wildman–Crippen MR) is 102 cm³/mol. The molecule has 0 amide bonds. The van der Waals surface area contributed by atoms with Crippen molar-refractivity contribution < 1.29 is 19.1 Å². The number of hydrogen-bond acceptors (Lipinski definition) is 5. The van der Waals surface area contributed by atoms with Crippen molar-refractivity contribution in [3.05, 3.63) is 66.5 Å². The average Bonchev–Trinajstić information content (AvgIpc) is 2.72. The third-order valence-corrected chi connectivity index (χ3v) is 4.46. The van der Waals surface area contributed by atoms with Crippen LogP contribution in [0.1, 0.15) is 37.2 Å². The van der Waals surface area contributed by atoms with E-state index >= 15 is 0 Å². The van der Waals surface area contributed by atoms with Crippen molar-refractivity contribution in [2.24, 2.45) is 0 Å². The summed E-state index contributed by atoms with van der Waals surface area (Å²) in [6.07, 6.45) is 9.41.